The lowest BCUT2D eigenvalue weighted by Gasteiger charge is -2.10. The molecule has 0 N–H and O–H groups in total. The van der Waals surface area contributed by atoms with Gasteiger partial charge in [0, 0.05) is 16.0 Å². The fraction of sp³-hybridized carbons (Fsp3) is 0.0625. The normalized spacial score (nSPS) is 12.2. The van der Waals surface area contributed by atoms with Crippen LogP contribution in [-0.2, 0) is 6.18 Å². The minimum atomic E-state index is -4.55. The number of hydrogen-bond acceptors (Lipinski definition) is 3. The van der Waals surface area contributed by atoms with Gasteiger partial charge in [0.2, 0.25) is 5.28 Å². The van der Waals surface area contributed by atoms with Crippen LogP contribution in [0.1, 0.15) is 5.56 Å². The van der Waals surface area contributed by atoms with Gasteiger partial charge in [0.15, 0.2) is 11.5 Å². The van der Waals surface area contributed by atoms with E-state index in [1.54, 1.807) is 24.3 Å². The van der Waals surface area contributed by atoms with Gasteiger partial charge in [-0.15, -0.1) is 5.10 Å². The Morgan fingerprint density at radius 3 is 2.32 bits per heavy atom. The molecule has 0 saturated heterocycles. The molecule has 0 radical (unpaired) electrons. The second-order valence-corrected chi connectivity index (χ2v) is 6.03. The molecule has 2 aromatic heterocycles. The average Bonchev–Trinajstić information content (AvgIpc) is 3.00. The van der Waals surface area contributed by atoms with Gasteiger partial charge in [0.25, 0.3) is 0 Å². The maximum atomic E-state index is 13.2. The van der Waals surface area contributed by atoms with E-state index in [9.17, 15) is 13.2 Å². The van der Waals surface area contributed by atoms with Crippen molar-refractivity contribution in [3.63, 3.8) is 0 Å². The molecule has 0 saturated carbocycles. The van der Waals surface area contributed by atoms with Gasteiger partial charge in [0.1, 0.15) is 0 Å². The molecule has 25 heavy (non-hydrogen) atoms. The smallest absolute Gasteiger partial charge is 0.217 e. The Bertz CT molecular complexity index is 1100. The van der Waals surface area contributed by atoms with Gasteiger partial charge < -0.3 is 0 Å². The van der Waals surface area contributed by atoms with Crippen LogP contribution in [0.5, 0.6) is 0 Å². The van der Waals surface area contributed by atoms with Gasteiger partial charge in [-0.3, -0.25) is 0 Å². The number of aromatic nitrogens is 4. The number of halogens is 5. The van der Waals surface area contributed by atoms with Crippen molar-refractivity contribution in [2.24, 2.45) is 0 Å². The second-order valence-electron chi connectivity index (χ2n) is 5.26. The largest absolute Gasteiger partial charge is 0.418 e. The number of benzene rings is 2. The van der Waals surface area contributed by atoms with Crippen LogP contribution in [0.15, 0.2) is 42.5 Å². The first-order valence-corrected chi connectivity index (χ1v) is 7.78. The Morgan fingerprint density at radius 2 is 1.64 bits per heavy atom. The zero-order chi connectivity index (χ0) is 17.8. The standard InChI is InChI=1S/C16H7Cl2F3N4/c17-9-6-4-8(5-7-9)13-23-14-10-2-1-3-11(16(19,20)21)12(10)22-15(18)25(14)24-13/h1-7H. The minimum absolute atomic E-state index is 0.200. The van der Waals surface area contributed by atoms with Crippen molar-refractivity contribution in [1.82, 2.24) is 19.6 Å². The molecule has 9 heteroatoms. The summed E-state index contributed by atoms with van der Waals surface area (Å²) in [7, 11) is 0. The molecule has 126 valence electrons. The number of alkyl halides is 3. The minimum Gasteiger partial charge on any atom is -0.217 e. The number of rotatable bonds is 1. The zero-order valence-electron chi connectivity index (χ0n) is 12.2. The molecule has 2 heterocycles. The Morgan fingerprint density at radius 1 is 0.920 bits per heavy atom. The average molecular weight is 383 g/mol. The van der Waals surface area contributed by atoms with E-state index >= 15 is 0 Å². The van der Waals surface area contributed by atoms with E-state index in [0.29, 0.717) is 16.4 Å². The second kappa shape index (κ2) is 5.57. The fourth-order valence-corrected chi connectivity index (χ4v) is 2.88. The lowest BCUT2D eigenvalue weighted by atomic mass is 10.1. The Balaban J connectivity index is 2.03. The van der Waals surface area contributed by atoms with Crippen molar-refractivity contribution in [2.45, 2.75) is 6.18 Å². The Hall–Kier alpha value is -2.38. The topological polar surface area (TPSA) is 43.1 Å². The highest BCUT2D eigenvalue weighted by molar-refractivity contribution is 6.30. The van der Waals surface area contributed by atoms with E-state index in [4.69, 9.17) is 23.2 Å². The highest BCUT2D eigenvalue weighted by Crippen LogP contribution is 2.35. The molecule has 0 unspecified atom stereocenters. The molecule has 0 amide bonds. The molecule has 4 aromatic rings. The van der Waals surface area contributed by atoms with Gasteiger partial charge in [-0.25, -0.2) is 9.97 Å². The summed E-state index contributed by atoms with van der Waals surface area (Å²) < 4.78 is 40.9. The Labute approximate surface area is 148 Å². The zero-order valence-corrected chi connectivity index (χ0v) is 13.7. The monoisotopic (exact) mass is 382 g/mol. The molecule has 0 bridgehead atoms. The summed E-state index contributed by atoms with van der Waals surface area (Å²) >= 11 is 11.9. The number of hydrogen-bond donors (Lipinski definition) is 0. The van der Waals surface area contributed by atoms with Crippen LogP contribution in [0.2, 0.25) is 10.3 Å². The molecule has 0 atom stereocenters. The van der Waals surface area contributed by atoms with Crippen LogP contribution in [0.4, 0.5) is 13.2 Å². The maximum Gasteiger partial charge on any atom is 0.418 e. The van der Waals surface area contributed by atoms with Crippen LogP contribution >= 0.6 is 23.2 Å². The van der Waals surface area contributed by atoms with E-state index in [2.05, 4.69) is 15.1 Å². The summed E-state index contributed by atoms with van der Waals surface area (Å²) in [5.41, 5.74) is -0.275. The van der Waals surface area contributed by atoms with Crippen molar-refractivity contribution in [3.8, 4) is 11.4 Å². The van der Waals surface area contributed by atoms with Crippen molar-refractivity contribution in [1.29, 1.82) is 0 Å². The van der Waals surface area contributed by atoms with Crippen molar-refractivity contribution >= 4 is 39.8 Å². The van der Waals surface area contributed by atoms with Crippen molar-refractivity contribution < 1.29 is 13.2 Å². The number of para-hydroxylation sites is 1. The first-order valence-electron chi connectivity index (χ1n) is 7.03. The lowest BCUT2D eigenvalue weighted by molar-refractivity contribution is -0.136. The summed E-state index contributed by atoms with van der Waals surface area (Å²) in [4.78, 5) is 8.22. The van der Waals surface area contributed by atoms with Crippen LogP contribution in [-0.4, -0.2) is 19.6 Å². The van der Waals surface area contributed by atoms with E-state index in [0.717, 1.165) is 6.07 Å². The third-order valence-corrected chi connectivity index (χ3v) is 4.17. The maximum absolute atomic E-state index is 13.2. The highest BCUT2D eigenvalue weighted by atomic mass is 35.5. The molecule has 0 spiro atoms. The molecule has 0 aliphatic carbocycles. The quantitative estimate of drug-likeness (QED) is 0.421. The van der Waals surface area contributed by atoms with Gasteiger partial charge >= 0.3 is 6.18 Å². The summed E-state index contributed by atoms with van der Waals surface area (Å²) in [6.07, 6.45) is -4.55. The van der Waals surface area contributed by atoms with Gasteiger partial charge in [0.05, 0.1) is 11.1 Å². The van der Waals surface area contributed by atoms with Crippen LogP contribution < -0.4 is 0 Å². The molecule has 0 aliphatic rings. The summed E-state index contributed by atoms with van der Waals surface area (Å²) in [5.74, 6) is 0.310. The van der Waals surface area contributed by atoms with Gasteiger partial charge in [-0.05, 0) is 48.0 Å². The van der Waals surface area contributed by atoms with E-state index in [1.165, 1.54) is 16.6 Å². The predicted octanol–water partition coefficient (Wildman–Crippen LogP) is 5.27. The van der Waals surface area contributed by atoms with Gasteiger partial charge in [-0.1, -0.05) is 17.7 Å². The van der Waals surface area contributed by atoms with Crippen LogP contribution in [0, 0.1) is 0 Å². The third-order valence-electron chi connectivity index (χ3n) is 3.67. The van der Waals surface area contributed by atoms with E-state index in [-0.39, 0.29) is 21.8 Å². The predicted molar refractivity (Wildman–Crippen MR) is 88.7 cm³/mol. The SMILES string of the molecule is FC(F)(F)c1cccc2c1nc(Cl)n1nc(-c3ccc(Cl)cc3)nc21. The highest BCUT2D eigenvalue weighted by Gasteiger charge is 2.34. The fourth-order valence-electron chi connectivity index (χ4n) is 2.55. The van der Waals surface area contributed by atoms with Crippen LogP contribution in [0.25, 0.3) is 27.9 Å². The molecular formula is C16H7Cl2F3N4. The Kier molecular flexibility index (Phi) is 3.59. The molecule has 2 aromatic carbocycles. The number of nitrogens with zero attached hydrogens (tertiary/aromatic N) is 4. The first-order chi connectivity index (χ1) is 11.8. The van der Waals surface area contributed by atoms with Gasteiger partial charge in [-0.2, -0.15) is 17.7 Å². The van der Waals surface area contributed by atoms with Crippen molar-refractivity contribution in [2.75, 3.05) is 0 Å². The summed E-state index contributed by atoms with van der Waals surface area (Å²) in [6, 6.07) is 10.5. The summed E-state index contributed by atoms with van der Waals surface area (Å²) in [6.45, 7) is 0. The lowest BCUT2D eigenvalue weighted by Crippen LogP contribution is -2.07. The van der Waals surface area contributed by atoms with E-state index in [1.807, 2.05) is 0 Å². The molecular weight excluding hydrogens is 376 g/mol. The molecule has 4 nitrogen and oxygen atoms in total. The first kappa shape index (κ1) is 16.1. The third kappa shape index (κ3) is 2.69. The van der Waals surface area contributed by atoms with E-state index < -0.39 is 11.7 Å². The summed E-state index contributed by atoms with van der Waals surface area (Å²) in [5, 5.41) is 4.80. The van der Waals surface area contributed by atoms with Crippen LogP contribution in [0.3, 0.4) is 0 Å². The molecule has 0 fully saturated rings. The number of fused-ring (bicyclic) bond motifs is 3. The molecule has 0 aliphatic heterocycles. The molecule has 4 rings (SSSR count). The van der Waals surface area contributed by atoms with Crippen molar-refractivity contribution in [3.05, 3.63) is 58.3 Å².